The molecule has 7 heteroatoms. The van der Waals surface area contributed by atoms with Crippen LogP contribution in [0.5, 0.6) is 0 Å². The van der Waals surface area contributed by atoms with Crippen molar-refractivity contribution in [2.24, 2.45) is 5.73 Å². The number of aromatic nitrogens is 3. The van der Waals surface area contributed by atoms with Crippen molar-refractivity contribution in [3.05, 3.63) is 47.0 Å². The Morgan fingerprint density at radius 2 is 2.14 bits per heavy atom. The molecule has 0 aliphatic rings. The summed E-state index contributed by atoms with van der Waals surface area (Å²) in [7, 11) is 0. The summed E-state index contributed by atoms with van der Waals surface area (Å²) in [6, 6.07) is 7.31. The van der Waals surface area contributed by atoms with E-state index >= 15 is 0 Å². The fraction of sp³-hybridized carbons (Fsp3) is 0.357. The minimum Gasteiger partial charge on any atom is -0.350 e. The molecule has 2 unspecified atom stereocenters. The van der Waals surface area contributed by atoms with Gasteiger partial charge in [0.2, 0.25) is 5.91 Å². The Morgan fingerprint density at radius 1 is 1.48 bits per heavy atom. The van der Waals surface area contributed by atoms with Gasteiger partial charge in [-0.05, 0) is 31.5 Å². The topological polar surface area (TPSA) is 85.8 Å². The third-order valence-corrected chi connectivity index (χ3v) is 3.75. The van der Waals surface area contributed by atoms with E-state index in [4.69, 9.17) is 5.73 Å². The number of carbonyl (C=O) groups excluding carboxylic acids is 1. The average molecular weight is 352 g/mol. The van der Waals surface area contributed by atoms with E-state index in [1.54, 1.807) is 17.9 Å². The van der Waals surface area contributed by atoms with Crippen LogP contribution in [0.25, 0.3) is 0 Å². The van der Waals surface area contributed by atoms with E-state index in [0.717, 1.165) is 10.0 Å². The van der Waals surface area contributed by atoms with Crippen molar-refractivity contribution >= 4 is 21.8 Å². The number of nitrogens with one attached hydrogen (secondary N) is 1. The first-order chi connectivity index (χ1) is 9.89. The lowest BCUT2D eigenvalue weighted by atomic mass is 9.92. The molecule has 0 fully saturated rings. The van der Waals surface area contributed by atoms with Crippen molar-refractivity contribution in [1.82, 2.24) is 20.1 Å². The highest BCUT2D eigenvalue weighted by atomic mass is 79.9. The number of halogens is 1. The van der Waals surface area contributed by atoms with Crippen LogP contribution in [0.1, 0.15) is 19.4 Å². The normalized spacial score (nSPS) is 15.2. The molecule has 0 spiro atoms. The molecule has 3 N–H and O–H groups in total. The number of benzene rings is 1. The molecular weight excluding hydrogens is 334 g/mol. The van der Waals surface area contributed by atoms with Crippen LogP contribution in [0.2, 0.25) is 0 Å². The Hall–Kier alpha value is -1.73. The standard InChI is InChI=1S/C14H18BrN5O/c1-10(7-20-9-17-8-18-20)19-13(21)14(2,16)11-3-5-12(15)6-4-11/h3-6,8-10H,7,16H2,1-2H3,(H,19,21). The first-order valence-electron chi connectivity index (χ1n) is 6.58. The van der Waals surface area contributed by atoms with Gasteiger partial charge in [0.05, 0.1) is 6.54 Å². The van der Waals surface area contributed by atoms with Crippen LogP contribution in [-0.4, -0.2) is 26.7 Å². The maximum atomic E-state index is 12.4. The summed E-state index contributed by atoms with van der Waals surface area (Å²) in [5.41, 5.74) is 5.87. The van der Waals surface area contributed by atoms with E-state index in [1.165, 1.54) is 6.33 Å². The van der Waals surface area contributed by atoms with E-state index in [2.05, 4.69) is 31.3 Å². The summed E-state index contributed by atoms with van der Waals surface area (Å²) in [5.74, 6) is -0.225. The summed E-state index contributed by atoms with van der Waals surface area (Å²) >= 11 is 3.37. The maximum Gasteiger partial charge on any atom is 0.244 e. The van der Waals surface area contributed by atoms with Gasteiger partial charge in [0.1, 0.15) is 18.2 Å². The molecule has 112 valence electrons. The second-order valence-corrected chi connectivity index (χ2v) is 6.12. The molecule has 2 rings (SSSR count). The smallest absolute Gasteiger partial charge is 0.244 e. The molecular formula is C14H18BrN5O. The highest BCUT2D eigenvalue weighted by Crippen LogP contribution is 2.20. The SMILES string of the molecule is CC(Cn1cncn1)NC(=O)C(C)(N)c1ccc(Br)cc1. The van der Waals surface area contributed by atoms with Gasteiger partial charge in [-0.15, -0.1) is 0 Å². The number of carbonyl (C=O) groups is 1. The summed E-state index contributed by atoms with van der Waals surface area (Å²) in [5, 5.41) is 6.92. The molecule has 2 atom stereocenters. The third kappa shape index (κ3) is 3.89. The summed E-state index contributed by atoms with van der Waals surface area (Å²) in [6.45, 7) is 4.15. The van der Waals surface area contributed by atoms with Gasteiger partial charge in [0, 0.05) is 10.5 Å². The van der Waals surface area contributed by atoms with E-state index in [9.17, 15) is 4.79 Å². The van der Waals surface area contributed by atoms with Gasteiger partial charge in [-0.2, -0.15) is 5.10 Å². The second kappa shape index (κ2) is 6.36. The van der Waals surface area contributed by atoms with Crippen molar-refractivity contribution in [1.29, 1.82) is 0 Å². The van der Waals surface area contributed by atoms with Gasteiger partial charge in [0.25, 0.3) is 0 Å². The van der Waals surface area contributed by atoms with Crippen LogP contribution in [-0.2, 0) is 16.9 Å². The maximum absolute atomic E-state index is 12.4. The molecule has 6 nitrogen and oxygen atoms in total. The molecule has 0 saturated heterocycles. The lowest BCUT2D eigenvalue weighted by Gasteiger charge is -2.26. The van der Waals surface area contributed by atoms with Gasteiger partial charge in [0.15, 0.2) is 0 Å². The van der Waals surface area contributed by atoms with Gasteiger partial charge in [-0.1, -0.05) is 28.1 Å². The average Bonchev–Trinajstić information content (AvgIpc) is 2.91. The minimum absolute atomic E-state index is 0.0995. The first kappa shape index (κ1) is 15.7. The zero-order valence-corrected chi connectivity index (χ0v) is 13.5. The third-order valence-electron chi connectivity index (χ3n) is 3.22. The highest BCUT2D eigenvalue weighted by molar-refractivity contribution is 9.10. The van der Waals surface area contributed by atoms with Crippen molar-refractivity contribution in [3.8, 4) is 0 Å². The summed E-state index contributed by atoms with van der Waals surface area (Å²) < 4.78 is 2.61. The van der Waals surface area contributed by atoms with Gasteiger partial charge >= 0.3 is 0 Å². The summed E-state index contributed by atoms with van der Waals surface area (Å²) in [6.07, 6.45) is 3.07. The monoisotopic (exact) mass is 351 g/mol. The van der Waals surface area contributed by atoms with Gasteiger partial charge in [-0.25, -0.2) is 4.98 Å². The van der Waals surface area contributed by atoms with Crippen molar-refractivity contribution in [2.75, 3.05) is 0 Å². The molecule has 1 amide bonds. The highest BCUT2D eigenvalue weighted by Gasteiger charge is 2.31. The number of hydrogen-bond acceptors (Lipinski definition) is 4. The fourth-order valence-electron chi connectivity index (χ4n) is 1.95. The van der Waals surface area contributed by atoms with Crippen molar-refractivity contribution in [3.63, 3.8) is 0 Å². The summed E-state index contributed by atoms with van der Waals surface area (Å²) in [4.78, 5) is 16.3. The van der Waals surface area contributed by atoms with Gasteiger partial charge in [-0.3, -0.25) is 9.48 Å². The number of rotatable bonds is 5. The van der Waals surface area contributed by atoms with Crippen molar-refractivity contribution in [2.45, 2.75) is 32.0 Å². The number of amides is 1. The zero-order valence-electron chi connectivity index (χ0n) is 12.0. The van der Waals surface area contributed by atoms with E-state index < -0.39 is 5.54 Å². The Bertz CT molecular complexity index is 594. The van der Waals surface area contributed by atoms with Crippen LogP contribution in [0, 0.1) is 0 Å². The van der Waals surface area contributed by atoms with E-state index in [-0.39, 0.29) is 11.9 Å². The predicted molar refractivity (Wildman–Crippen MR) is 83.3 cm³/mol. The molecule has 0 bridgehead atoms. The van der Waals surface area contributed by atoms with E-state index in [0.29, 0.717) is 6.54 Å². The van der Waals surface area contributed by atoms with Crippen LogP contribution in [0.3, 0.4) is 0 Å². The molecule has 1 aromatic heterocycles. The lowest BCUT2D eigenvalue weighted by molar-refractivity contribution is -0.126. The van der Waals surface area contributed by atoms with Crippen LogP contribution in [0.15, 0.2) is 41.4 Å². The molecule has 1 heterocycles. The molecule has 1 aromatic carbocycles. The first-order valence-corrected chi connectivity index (χ1v) is 7.37. The van der Waals surface area contributed by atoms with Crippen LogP contribution in [0.4, 0.5) is 0 Å². The zero-order chi connectivity index (χ0) is 15.5. The molecule has 0 aliphatic carbocycles. The molecule has 0 radical (unpaired) electrons. The van der Waals surface area contributed by atoms with Crippen molar-refractivity contribution < 1.29 is 4.79 Å². The number of nitrogens with two attached hydrogens (primary N) is 1. The Labute approximate surface area is 131 Å². The van der Waals surface area contributed by atoms with Crippen LogP contribution < -0.4 is 11.1 Å². The Kier molecular flexibility index (Phi) is 4.74. The lowest BCUT2D eigenvalue weighted by Crippen LogP contribution is -2.52. The fourth-order valence-corrected chi connectivity index (χ4v) is 2.22. The molecule has 2 aromatic rings. The number of nitrogens with zero attached hydrogens (tertiary/aromatic N) is 3. The molecule has 0 saturated carbocycles. The minimum atomic E-state index is -1.09. The second-order valence-electron chi connectivity index (χ2n) is 5.20. The quantitative estimate of drug-likeness (QED) is 0.852. The predicted octanol–water partition coefficient (Wildman–Crippen LogP) is 1.42. The molecule has 21 heavy (non-hydrogen) atoms. The van der Waals surface area contributed by atoms with Crippen LogP contribution >= 0.6 is 15.9 Å². The molecule has 0 aliphatic heterocycles. The Morgan fingerprint density at radius 3 is 2.71 bits per heavy atom. The largest absolute Gasteiger partial charge is 0.350 e. The Balaban J connectivity index is 2.02. The van der Waals surface area contributed by atoms with Gasteiger partial charge < -0.3 is 11.1 Å². The number of hydrogen-bond donors (Lipinski definition) is 2. The van der Waals surface area contributed by atoms with E-state index in [1.807, 2.05) is 31.2 Å².